The van der Waals surface area contributed by atoms with Crippen LogP contribution in [0, 0.1) is 5.92 Å². The normalized spacial score (nSPS) is 15.2. The Balaban J connectivity index is 1.63. The number of anilines is 1. The lowest BCUT2D eigenvalue weighted by molar-refractivity contribution is 0.102. The van der Waals surface area contributed by atoms with E-state index in [0.29, 0.717) is 29.5 Å². The number of carbonyl (C=O) groups is 1. The van der Waals surface area contributed by atoms with Gasteiger partial charge in [0, 0.05) is 24.3 Å². The number of carbonyl (C=O) groups excluding carboxylic acids is 1. The largest absolute Gasteiger partial charge is 0.494 e. The number of amides is 1. The van der Waals surface area contributed by atoms with Gasteiger partial charge < -0.3 is 10.1 Å². The Bertz CT molecular complexity index is 997. The molecule has 0 bridgehead atoms. The summed E-state index contributed by atoms with van der Waals surface area (Å²) >= 11 is 0. The van der Waals surface area contributed by atoms with Gasteiger partial charge in [-0.05, 0) is 67.6 Å². The molecule has 2 aromatic carbocycles. The third-order valence-corrected chi connectivity index (χ3v) is 7.86. The van der Waals surface area contributed by atoms with Crippen LogP contribution in [0.4, 0.5) is 5.69 Å². The number of ether oxygens (including phenoxy) is 1. The van der Waals surface area contributed by atoms with E-state index in [1.165, 1.54) is 10.7 Å². The summed E-state index contributed by atoms with van der Waals surface area (Å²) in [6.45, 7) is 4.88. The van der Waals surface area contributed by atoms with E-state index in [1.54, 1.807) is 49.5 Å². The molecule has 174 valence electrons. The number of nitrogens with zero attached hydrogens (tertiary/aromatic N) is 1. The van der Waals surface area contributed by atoms with Crippen LogP contribution >= 0.6 is 0 Å². The van der Waals surface area contributed by atoms with Crippen LogP contribution < -0.4 is 10.1 Å². The summed E-state index contributed by atoms with van der Waals surface area (Å²) in [5, 5.41) is 2.83. The fourth-order valence-corrected chi connectivity index (χ4v) is 5.28. The Hall–Kier alpha value is -2.38. The van der Waals surface area contributed by atoms with Gasteiger partial charge in [0.2, 0.25) is 10.0 Å². The Labute approximate surface area is 192 Å². The highest BCUT2D eigenvalue weighted by molar-refractivity contribution is 7.89. The Morgan fingerprint density at radius 3 is 2.44 bits per heavy atom. The molecule has 0 aromatic heterocycles. The van der Waals surface area contributed by atoms with Crippen molar-refractivity contribution < 1.29 is 17.9 Å². The number of hydrogen-bond donors (Lipinski definition) is 1. The van der Waals surface area contributed by atoms with Gasteiger partial charge in [-0.3, -0.25) is 4.79 Å². The summed E-state index contributed by atoms with van der Waals surface area (Å²) in [4.78, 5) is 12.9. The molecule has 1 N–H and O–H groups in total. The van der Waals surface area contributed by atoms with E-state index in [0.717, 1.165) is 32.1 Å². The second-order valence-electron chi connectivity index (χ2n) is 8.85. The zero-order valence-electron chi connectivity index (χ0n) is 19.2. The molecule has 3 rings (SSSR count). The molecule has 2 aromatic rings. The SMILES string of the molecule is CC(C)CCOc1cccc(C(=O)Nc2ccc(S(=O)(=O)N(C)C3CCCCC3)cc2)c1. The van der Waals surface area contributed by atoms with Crippen LogP contribution in [0.2, 0.25) is 0 Å². The minimum Gasteiger partial charge on any atom is -0.494 e. The summed E-state index contributed by atoms with van der Waals surface area (Å²) in [6.07, 6.45) is 6.07. The summed E-state index contributed by atoms with van der Waals surface area (Å²) in [5.41, 5.74) is 1.03. The average Bonchev–Trinajstić information content (AvgIpc) is 2.79. The van der Waals surface area contributed by atoms with Gasteiger partial charge in [-0.2, -0.15) is 4.31 Å². The van der Waals surface area contributed by atoms with E-state index in [9.17, 15) is 13.2 Å². The quantitative estimate of drug-likeness (QED) is 0.552. The van der Waals surface area contributed by atoms with E-state index in [4.69, 9.17) is 4.74 Å². The minimum atomic E-state index is -3.55. The van der Waals surface area contributed by atoms with Gasteiger partial charge in [-0.1, -0.05) is 39.2 Å². The summed E-state index contributed by atoms with van der Waals surface area (Å²) in [6, 6.07) is 13.5. The van der Waals surface area contributed by atoms with Gasteiger partial charge in [-0.15, -0.1) is 0 Å². The van der Waals surface area contributed by atoms with Crippen LogP contribution in [0.1, 0.15) is 62.7 Å². The zero-order valence-corrected chi connectivity index (χ0v) is 20.0. The van der Waals surface area contributed by atoms with E-state index >= 15 is 0 Å². The number of sulfonamides is 1. The van der Waals surface area contributed by atoms with Gasteiger partial charge in [0.1, 0.15) is 5.75 Å². The molecule has 0 unspecified atom stereocenters. The Morgan fingerprint density at radius 2 is 1.78 bits per heavy atom. The van der Waals surface area contributed by atoms with Gasteiger partial charge in [0.05, 0.1) is 11.5 Å². The first-order chi connectivity index (χ1) is 15.3. The highest BCUT2D eigenvalue weighted by Crippen LogP contribution is 2.27. The van der Waals surface area contributed by atoms with Crippen LogP contribution in [0.5, 0.6) is 5.75 Å². The van der Waals surface area contributed by atoms with Gasteiger partial charge in [-0.25, -0.2) is 8.42 Å². The molecule has 1 fully saturated rings. The summed E-state index contributed by atoms with van der Waals surface area (Å²) < 4.78 is 33.2. The standard InChI is InChI=1S/C25H34N2O4S/c1-19(2)16-17-31-23-11-7-8-20(18-23)25(28)26-21-12-14-24(15-13-21)32(29,30)27(3)22-9-5-4-6-10-22/h7-8,11-15,18-19,22H,4-6,9-10,16-17H2,1-3H3,(H,26,28). The van der Waals surface area contributed by atoms with E-state index in [1.807, 2.05) is 6.07 Å². The van der Waals surface area contributed by atoms with Crippen molar-refractivity contribution in [3.05, 3.63) is 54.1 Å². The van der Waals surface area contributed by atoms with Gasteiger partial charge in [0.25, 0.3) is 5.91 Å². The molecule has 32 heavy (non-hydrogen) atoms. The van der Waals surface area contributed by atoms with E-state index < -0.39 is 10.0 Å². The first-order valence-electron chi connectivity index (χ1n) is 11.4. The maximum absolute atomic E-state index is 13.0. The van der Waals surface area contributed by atoms with Crippen LogP contribution in [-0.4, -0.2) is 38.3 Å². The molecule has 1 aliphatic carbocycles. The first-order valence-corrected chi connectivity index (χ1v) is 12.8. The van der Waals surface area contributed by atoms with Gasteiger partial charge >= 0.3 is 0 Å². The molecular formula is C25H34N2O4S. The van der Waals surface area contributed by atoms with Gasteiger partial charge in [0.15, 0.2) is 0 Å². The summed E-state index contributed by atoms with van der Waals surface area (Å²) in [7, 11) is -1.89. The van der Waals surface area contributed by atoms with Crippen molar-refractivity contribution in [2.24, 2.45) is 5.92 Å². The monoisotopic (exact) mass is 458 g/mol. The van der Waals surface area contributed by atoms with Crippen molar-refractivity contribution in [2.45, 2.75) is 63.3 Å². The maximum Gasteiger partial charge on any atom is 0.255 e. The molecule has 7 heteroatoms. The average molecular weight is 459 g/mol. The molecule has 1 saturated carbocycles. The van der Waals surface area contributed by atoms with E-state index in [-0.39, 0.29) is 16.8 Å². The molecular weight excluding hydrogens is 424 g/mol. The van der Waals surface area contributed by atoms with Crippen molar-refractivity contribution in [2.75, 3.05) is 19.0 Å². The van der Waals surface area contributed by atoms with Crippen LogP contribution in [-0.2, 0) is 10.0 Å². The van der Waals surface area contributed by atoms with Crippen molar-refractivity contribution in [3.63, 3.8) is 0 Å². The van der Waals surface area contributed by atoms with Crippen molar-refractivity contribution >= 4 is 21.6 Å². The van der Waals surface area contributed by atoms with E-state index in [2.05, 4.69) is 19.2 Å². The highest BCUT2D eigenvalue weighted by atomic mass is 32.2. The molecule has 1 aliphatic rings. The molecule has 0 aliphatic heterocycles. The number of rotatable bonds is 9. The summed E-state index contributed by atoms with van der Waals surface area (Å²) in [5.74, 6) is 0.940. The fourth-order valence-electron chi connectivity index (χ4n) is 3.86. The highest BCUT2D eigenvalue weighted by Gasteiger charge is 2.28. The second-order valence-corrected chi connectivity index (χ2v) is 10.8. The van der Waals surface area contributed by atoms with Crippen molar-refractivity contribution in [3.8, 4) is 5.75 Å². The topological polar surface area (TPSA) is 75.7 Å². The molecule has 0 saturated heterocycles. The molecule has 1 amide bonds. The smallest absolute Gasteiger partial charge is 0.255 e. The fraction of sp³-hybridized carbons (Fsp3) is 0.480. The Kier molecular flexibility index (Phi) is 8.32. The van der Waals surface area contributed by atoms with Crippen LogP contribution in [0.15, 0.2) is 53.4 Å². The predicted molar refractivity (Wildman–Crippen MR) is 128 cm³/mol. The number of hydrogen-bond acceptors (Lipinski definition) is 4. The molecule has 0 radical (unpaired) electrons. The first kappa shape index (κ1) is 24.3. The lowest BCUT2D eigenvalue weighted by atomic mass is 9.96. The zero-order chi connectivity index (χ0) is 23.1. The third kappa shape index (κ3) is 6.33. The third-order valence-electron chi connectivity index (χ3n) is 5.94. The predicted octanol–water partition coefficient (Wildman–Crippen LogP) is 5.32. The number of nitrogens with one attached hydrogen (secondary N) is 1. The molecule has 0 heterocycles. The molecule has 0 spiro atoms. The maximum atomic E-state index is 13.0. The van der Waals surface area contributed by atoms with Crippen LogP contribution in [0.25, 0.3) is 0 Å². The lowest BCUT2D eigenvalue weighted by Crippen LogP contribution is -2.38. The molecule has 0 atom stereocenters. The van der Waals surface area contributed by atoms with Crippen molar-refractivity contribution in [1.82, 2.24) is 4.31 Å². The molecule has 6 nitrogen and oxygen atoms in total. The Morgan fingerprint density at radius 1 is 1.09 bits per heavy atom. The van der Waals surface area contributed by atoms with Crippen molar-refractivity contribution in [1.29, 1.82) is 0 Å². The van der Waals surface area contributed by atoms with Crippen LogP contribution in [0.3, 0.4) is 0 Å². The minimum absolute atomic E-state index is 0.0585. The number of benzene rings is 2. The lowest BCUT2D eigenvalue weighted by Gasteiger charge is -2.30. The second kappa shape index (κ2) is 11.0.